The van der Waals surface area contributed by atoms with Gasteiger partial charge < -0.3 is 15.0 Å². The second kappa shape index (κ2) is 13.1. The van der Waals surface area contributed by atoms with Crippen molar-refractivity contribution < 1.29 is 18.7 Å². The number of hydrogen-bond donors (Lipinski definition) is 1. The SMILES string of the molecule is COc1cccc(CN(C(=O)Cc2c(F)cccc2Cl)C(Cc2ccccc2)C(=O)NCC(C)C)c1. The molecule has 0 aromatic heterocycles. The molecule has 0 bridgehead atoms. The van der Waals surface area contributed by atoms with E-state index in [1.165, 1.54) is 17.0 Å². The van der Waals surface area contributed by atoms with Crippen molar-refractivity contribution in [3.63, 3.8) is 0 Å². The average Bonchev–Trinajstić information content (AvgIpc) is 2.87. The maximum Gasteiger partial charge on any atom is 0.243 e. The number of amides is 2. The Kier molecular flexibility index (Phi) is 9.88. The molecule has 190 valence electrons. The second-order valence-electron chi connectivity index (χ2n) is 9.09. The van der Waals surface area contributed by atoms with Gasteiger partial charge in [0.1, 0.15) is 17.6 Å². The zero-order valence-corrected chi connectivity index (χ0v) is 21.6. The fraction of sp³-hybridized carbons (Fsp3) is 0.310. The first-order valence-electron chi connectivity index (χ1n) is 12.0. The van der Waals surface area contributed by atoms with Gasteiger partial charge in [-0.1, -0.05) is 74.0 Å². The molecule has 2 amide bonds. The number of nitrogens with one attached hydrogen (secondary N) is 1. The minimum atomic E-state index is -0.810. The number of carbonyl (C=O) groups excluding carboxylic acids is 2. The normalized spacial score (nSPS) is 11.7. The molecule has 0 saturated heterocycles. The van der Waals surface area contributed by atoms with Crippen molar-refractivity contribution in [1.82, 2.24) is 10.2 Å². The molecular weight excluding hydrogens is 479 g/mol. The lowest BCUT2D eigenvalue weighted by molar-refractivity contribution is -0.140. The monoisotopic (exact) mass is 510 g/mol. The van der Waals surface area contributed by atoms with Crippen LogP contribution >= 0.6 is 11.6 Å². The van der Waals surface area contributed by atoms with E-state index in [1.54, 1.807) is 13.2 Å². The van der Waals surface area contributed by atoms with Gasteiger partial charge in [0.05, 0.1) is 13.5 Å². The Labute approximate surface area is 217 Å². The first-order chi connectivity index (χ1) is 17.3. The van der Waals surface area contributed by atoms with E-state index >= 15 is 0 Å². The number of nitrogens with zero attached hydrogens (tertiary/aromatic N) is 1. The summed E-state index contributed by atoms with van der Waals surface area (Å²) in [6, 6.07) is 20.4. The highest BCUT2D eigenvalue weighted by Gasteiger charge is 2.31. The molecule has 7 heteroatoms. The van der Waals surface area contributed by atoms with E-state index in [9.17, 15) is 14.0 Å². The molecule has 0 aliphatic rings. The fourth-order valence-electron chi connectivity index (χ4n) is 3.90. The Morgan fingerprint density at radius 1 is 1.00 bits per heavy atom. The van der Waals surface area contributed by atoms with Crippen LogP contribution in [0.3, 0.4) is 0 Å². The molecule has 36 heavy (non-hydrogen) atoms. The largest absolute Gasteiger partial charge is 0.497 e. The number of halogens is 2. The topological polar surface area (TPSA) is 58.6 Å². The van der Waals surface area contributed by atoms with Crippen molar-refractivity contribution in [3.8, 4) is 5.75 Å². The number of carbonyl (C=O) groups is 2. The molecule has 0 aliphatic heterocycles. The number of rotatable bonds is 11. The molecule has 1 N–H and O–H groups in total. The van der Waals surface area contributed by atoms with Gasteiger partial charge in [-0.15, -0.1) is 0 Å². The van der Waals surface area contributed by atoms with Gasteiger partial charge in [0.2, 0.25) is 11.8 Å². The van der Waals surface area contributed by atoms with Crippen molar-refractivity contribution >= 4 is 23.4 Å². The fourth-order valence-corrected chi connectivity index (χ4v) is 4.13. The summed E-state index contributed by atoms with van der Waals surface area (Å²) < 4.78 is 19.9. The Bertz CT molecular complexity index is 1150. The number of methoxy groups -OCH3 is 1. The van der Waals surface area contributed by atoms with E-state index in [-0.39, 0.29) is 35.4 Å². The van der Waals surface area contributed by atoms with Crippen LogP contribution in [0.15, 0.2) is 72.8 Å². The zero-order chi connectivity index (χ0) is 26.1. The molecule has 0 fully saturated rings. The maximum absolute atomic E-state index is 14.6. The summed E-state index contributed by atoms with van der Waals surface area (Å²) in [7, 11) is 1.57. The lowest BCUT2D eigenvalue weighted by Crippen LogP contribution is -2.51. The summed E-state index contributed by atoms with van der Waals surface area (Å²) in [5.74, 6) is -0.332. The van der Waals surface area contributed by atoms with Gasteiger partial charge in [-0.2, -0.15) is 0 Å². The standard InChI is InChI=1S/C29H32ClFN2O3/c1-20(2)18-32-29(35)27(16-21-9-5-4-6-10-21)33(19-22-11-7-12-23(15-22)36-3)28(34)17-24-25(30)13-8-14-26(24)31/h4-15,20,27H,16-19H2,1-3H3,(H,32,35). The Morgan fingerprint density at radius 3 is 2.36 bits per heavy atom. The second-order valence-corrected chi connectivity index (χ2v) is 9.50. The third-order valence-corrected chi connectivity index (χ3v) is 6.19. The van der Waals surface area contributed by atoms with E-state index < -0.39 is 17.8 Å². The van der Waals surface area contributed by atoms with Gasteiger partial charge in [0, 0.05) is 30.1 Å². The molecule has 1 atom stereocenters. The van der Waals surface area contributed by atoms with Gasteiger partial charge in [-0.25, -0.2) is 4.39 Å². The third kappa shape index (κ3) is 7.56. The molecule has 0 heterocycles. The van der Waals surface area contributed by atoms with E-state index in [0.717, 1.165) is 11.1 Å². The Balaban J connectivity index is 2.01. The Hall–Kier alpha value is -3.38. The van der Waals surface area contributed by atoms with Crippen LogP contribution in [0.5, 0.6) is 5.75 Å². The van der Waals surface area contributed by atoms with Crippen LogP contribution in [-0.2, 0) is 29.0 Å². The molecule has 3 aromatic carbocycles. The lowest BCUT2D eigenvalue weighted by atomic mass is 10.0. The molecule has 5 nitrogen and oxygen atoms in total. The van der Waals surface area contributed by atoms with Gasteiger partial charge in [0.15, 0.2) is 0 Å². The minimum absolute atomic E-state index is 0.112. The van der Waals surface area contributed by atoms with Crippen molar-refractivity contribution in [2.24, 2.45) is 5.92 Å². The van der Waals surface area contributed by atoms with Crippen molar-refractivity contribution in [3.05, 3.63) is 100 Å². The molecule has 0 saturated carbocycles. The van der Waals surface area contributed by atoms with E-state index in [4.69, 9.17) is 16.3 Å². The highest BCUT2D eigenvalue weighted by atomic mass is 35.5. The molecule has 0 spiro atoms. The van der Waals surface area contributed by atoms with Crippen LogP contribution in [0.25, 0.3) is 0 Å². The first-order valence-corrected chi connectivity index (χ1v) is 12.3. The molecule has 0 aliphatic carbocycles. The van der Waals surface area contributed by atoms with Gasteiger partial charge in [-0.3, -0.25) is 9.59 Å². The molecule has 3 aromatic rings. The maximum atomic E-state index is 14.6. The van der Waals surface area contributed by atoms with Crippen LogP contribution in [-0.4, -0.2) is 36.4 Å². The van der Waals surface area contributed by atoms with E-state index in [0.29, 0.717) is 18.7 Å². The predicted molar refractivity (Wildman–Crippen MR) is 140 cm³/mol. The average molecular weight is 511 g/mol. The summed E-state index contributed by atoms with van der Waals surface area (Å²) >= 11 is 6.23. The smallest absolute Gasteiger partial charge is 0.243 e. The summed E-state index contributed by atoms with van der Waals surface area (Å²) in [5.41, 5.74) is 1.81. The highest BCUT2D eigenvalue weighted by molar-refractivity contribution is 6.31. The van der Waals surface area contributed by atoms with Crippen LogP contribution in [0.4, 0.5) is 4.39 Å². The molecule has 1 unspecified atom stereocenters. The first kappa shape index (κ1) is 27.2. The third-order valence-electron chi connectivity index (χ3n) is 5.83. The minimum Gasteiger partial charge on any atom is -0.497 e. The number of ether oxygens (including phenoxy) is 1. The van der Waals surface area contributed by atoms with E-state index in [1.807, 2.05) is 68.4 Å². The summed E-state index contributed by atoms with van der Waals surface area (Å²) in [5, 5.41) is 3.15. The Morgan fingerprint density at radius 2 is 1.69 bits per heavy atom. The number of hydrogen-bond acceptors (Lipinski definition) is 3. The summed E-state index contributed by atoms with van der Waals surface area (Å²) in [6.45, 7) is 4.64. The summed E-state index contributed by atoms with van der Waals surface area (Å²) in [4.78, 5) is 28.7. The van der Waals surface area contributed by atoms with Crippen molar-refractivity contribution in [1.29, 1.82) is 0 Å². The number of benzene rings is 3. The summed E-state index contributed by atoms with van der Waals surface area (Å²) in [6.07, 6.45) is 0.0453. The van der Waals surface area contributed by atoms with Gasteiger partial charge >= 0.3 is 0 Å². The van der Waals surface area contributed by atoms with Gasteiger partial charge in [0.25, 0.3) is 0 Å². The van der Waals surface area contributed by atoms with Crippen LogP contribution in [0, 0.1) is 11.7 Å². The van der Waals surface area contributed by atoms with Crippen LogP contribution in [0.2, 0.25) is 5.02 Å². The van der Waals surface area contributed by atoms with Crippen LogP contribution < -0.4 is 10.1 Å². The van der Waals surface area contributed by atoms with Crippen molar-refractivity contribution in [2.45, 2.75) is 39.3 Å². The molecule has 0 radical (unpaired) electrons. The zero-order valence-electron chi connectivity index (χ0n) is 20.8. The molecule has 3 rings (SSSR count). The molecular formula is C29H32ClFN2O3. The predicted octanol–water partition coefficient (Wildman–Crippen LogP) is 5.44. The lowest BCUT2D eigenvalue weighted by Gasteiger charge is -2.32. The van der Waals surface area contributed by atoms with Crippen molar-refractivity contribution in [2.75, 3.05) is 13.7 Å². The van der Waals surface area contributed by atoms with Gasteiger partial charge in [-0.05, 0) is 41.3 Å². The van der Waals surface area contributed by atoms with E-state index in [2.05, 4.69) is 5.32 Å². The van der Waals surface area contributed by atoms with Crippen LogP contribution in [0.1, 0.15) is 30.5 Å². The quantitative estimate of drug-likeness (QED) is 0.373. The highest BCUT2D eigenvalue weighted by Crippen LogP contribution is 2.23.